The molecule has 0 rings (SSSR count). The molecule has 0 saturated heterocycles. The Bertz CT molecular complexity index is 457. The Morgan fingerprint density at radius 2 is 0.684 bits per heavy atom. The Hall–Kier alpha value is -0.180. The van der Waals surface area contributed by atoms with Crippen LogP contribution in [-0.2, 0) is 4.79 Å². The summed E-state index contributed by atoms with van der Waals surface area (Å²) in [7, 11) is 0. The molecular weight excluding hydrogens is 484 g/mol. The Morgan fingerprint density at radius 1 is 0.447 bits per heavy atom. The van der Waals surface area contributed by atoms with Crippen molar-refractivity contribution in [2.24, 2.45) is 0 Å². The van der Waals surface area contributed by atoms with E-state index in [1.165, 1.54) is 186 Å². The highest BCUT2D eigenvalue weighted by Gasteiger charge is 2.30. The van der Waals surface area contributed by atoms with Gasteiger partial charge in [0.05, 0.1) is 5.75 Å². The molecule has 0 aromatic heterocycles. The van der Waals surface area contributed by atoms with Gasteiger partial charge in [0.2, 0.25) is 0 Å². The monoisotopic (exact) mass is 555 g/mol. The van der Waals surface area contributed by atoms with Crippen LogP contribution in [0.3, 0.4) is 0 Å². The second kappa shape index (κ2) is 29.8. The molecule has 2 nitrogen and oxygen atoms in total. The highest BCUT2D eigenvalue weighted by molar-refractivity contribution is 8.01. The molecule has 0 aliphatic carbocycles. The van der Waals surface area contributed by atoms with Gasteiger partial charge in [-0.1, -0.05) is 188 Å². The van der Waals surface area contributed by atoms with Crippen LogP contribution in [0.15, 0.2) is 0 Å². The summed E-state index contributed by atoms with van der Waals surface area (Å²) in [5, 5.41) is 9.53. The molecule has 0 aromatic carbocycles. The predicted molar refractivity (Wildman–Crippen MR) is 174 cm³/mol. The average molecular weight is 555 g/mol. The second-order valence-corrected chi connectivity index (χ2v) is 13.7. The summed E-state index contributed by atoms with van der Waals surface area (Å²) in [4.78, 5) is 11.6. The zero-order chi connectivity index (χ0) is 28.0. The number of carbonyl (C=O) groups is 1. The lowest BCUT2D eigenvalue weighted by Crippen LogP contribution is -2.27. The largest absolute Gasteiger partial charge is 0.481 e. The van der Waals surface area contributed by atoms with Gasteiger partial charge in [0.15, 0.2) is 0 Å². The fourth-order valence-corrected chi connectivity index (χ4v) is 7.20. The minimum Gasteiger partial charge on any atom is -0.481 e. The third-order valence-corrected chi connectivity index (χ3v) is 10.1. The van der Waals surface area contributed by atoms with Gasteiger partial charge in [-0.25, -0.2) is 0 Å². The number of aliphatic carboxylic acids is 1. The van der Waals surface area contributed by atoms with Gasteiger partial charge in [-0.15, -0.1) is 11.8 Å². The summed E-state index contributed by atoms with van der Waals surface area (Å²) in [5.74, 6) is -0.347. The minimum absolute atomic E-state index is 0.197. The van der Waals surface area contributed by atoms with Gasteiger partial charge in [-0.05, 0) is 19.3 Å². The molecule has 0 bridgehead atoms. The van der Waals surface area contributed by atoms with Crippen LogP contribution in [0.2, 0.25) is 0 Å². The smallest absolute Gasteiger partial charge is 0.313 e. The second-order valence-electron chi connectivity index (χ2n) is 12.2. The van der Waals surface area contributed by atoms with Crippen molar-refractivity contribution in [2.75, 3.05) is 5.75 Å². The van der Waals surface area contributed by atoms with Crippen LogP contribution in [0.1, 0.15) is 207 Å². The van der Waals surface area contributed by atoms with Crippen LogP contribution in [-0.4, -0.2) is 21.6 Å². The maximum atomic E-state index is 11.6. The van der Waals surface area contributed by atoms with E-state index in [1.54, 1.807) is 0 Å². The third kappa shape index (κ3) is 26.1. The van der Waals surface area contributed by atoms with E-state index in [4.69, 9.17) is 0 Å². The first-order valence-corrected chi connectivity index (χ1v) is 18.4. The molecule has 0 aliphatic rings. The summed E-state index contributed by atoms with van der Waals surface area (Å²) in [5.41, 5.74) is 0. The zero-order valence-corrected chi connectivity index (χ0v) is 27.3. The van der Waals surface area contributed by atoms with E-state index in [-0.39, 0.29) is 10.5 Å². The SMILES string of the molecule is CCCCCCCCCCCC(CCCCCCCCCC)(CCCCCCCCCCC)SCC(=O)O. The van der Waals surface area contributed by atoms with Crippen molar-refractivity contribution in [1.82, 2.24) is 0 Å². The van der Waals surface area contributed by atoms with E-state index in [0.717, 1.165) is 0 Å². The molecule has 3 heteroatoms. The molecule has 0 aliphatic heterocycles. The molecular formula is C35H70O2S. The van der Waals surface area contributed by atoms with Crippen LogP contribution >= 0.6 is 11.8 Å². The standard InChI is InChI=1S/C35H70O2S/c1-4-7-10-13-16-19-22-25-28-31-35(38-33-34(36)37,30-27-24-21-18-15-12-9-6-3)32-29-26-23-20-17-14-11-8-5-2/h4-33H2,1-3H3,(H,36,37). The highest BCUT2D eigenvalue weighted by atomic mass is 32.2. The lowest BCUT2D eigenvalue weighted by Gasteiger charge is -2.34. The summed E-state index contributed by atoms with van der Waals surface area (Å²) in [6.45, 7) is 6.86. The number of rotatable bonds is 32. The predicted octanol–water partition coefficient (Wildman–Crippen LogP) is 12.9. The molecule has 0 aromatic rings. The molecule has 0 atom stereocenters. The van der Waals surface area contributed by atoms with Gasteiger partial charge in [0.1, 0.15) is 0 Å². The van der Waals surface area contributed by atoms with Crippen molar-refractivity contribution in [3.05, 3.63) is 0 Å². The molecule has 0 spiro atoms. The van der Waals surface area contributed by atoms with Crippen molar-refractivity contribution in [1.29, 1.82) is 0 Å². The maximum absolute atomic E-state index is 11.6. The van der Waals surface area contributed by atoms with Crippen LogP contribution in [0.5, 0.6) is 0 Å². The number of thioether (sulfide) groups is 1. The summed E-state index contributed by atoms with van der Waals surface area (Å²) in [6.07, 6.45) is 39.1. The number of carboxylic acids is 1. The van der Waals surface area contributed by atoms with Crippen molar-refractivity contribution >= 4 is 17.7 Å². The van der Waals surface area contributed by atoms with Crippen molar-refractivity contribution < 1.29 is 9.90 Å². The molecule has 0 heterocycles. The van der Waals surface area contributed by atoms with Crippen LogP contribution in [0, 0.1) is 0 Å². The minimum atomic E-state index is -0.630. The lowest BCUT2D eigenvalue weighted by atomic mass is 9.88. The molecule has 0 radical (unpaired) electrons. The van der Waals surface area contributed by atoms with Gasteiger partial charge in [-0.2, -0.15) is 0 Å². The van der Waals surface area contributed by atoms with E-state index in [1.807, 2.05) is 11.8 Å². The highest BCUT2D eigenvalue weighted by Crippen LogP contribution is 2.41. The first kappa shape index (κ1) is 37.8. The van der Waals surface area contributed by atoms with Crippen LogP contribution in [0.25, 0.3) is 0 Å². The van der Waals surface area contributed by atoms with Crippen molar-refractivity contribution in [2.45, 2.75) is 212 Å². The number of hydrogen-bond donors (Lipinski definition) is 1. The van der Waals surface area contributed by atoms with E-state index in [0.29, 0.717) is 0 Å². The molecule has 1 N–H and O–H groups in total. The van der Waals surface area contributed by atoms with Gasteiger partial charge >= 0.3 is 5.97 Å². The van der Waals surface area contributed by atoms with Gasteiger partial charge in [0, 0.05) is 4.75 Å². The van der Waals surface area contributed by atoms with Crippen LogP contribution < -0.4 is 0 Å². The van der Waals surface area contributed by atoms with Crippen molar-refractivity contribution in [3.8, 4) is 0 Å². The molecule has 0 amide bonds. The Morgan fingerprint density at radius 3 is 0.921 bits per heavy atom. The average Bonchev–Trinajstić information content (AvgIpc) is 2.91. The summed E-state index contributed by atoms with van der Waals surface area (Å²) >= 11 is 1.81. The molecule has 0 saturated carbocycles. The fourth-order valence-electron chi connectivity index (χ4n) is 5.90. The summed E-state index contributed by atoms with van der Waals surface area (Å²) < 4.78 is 0.197. The quantitative estimate of drug-likeness (QED) is 0.0840. The number of hydrogen-bond acceptors (Lipinski definition) is 2. The van der Waals surface area contributed by atoms with Crippen LogP contribution in [0.4, 0.5) is 0 Å². The van der Waals surface area contributed by atoms with E-state index >= 15 is 0 Å². The third-order valence-electron chi connectivity index (χ3n) is 8.46. The lowest BCUT2D eigenvalue weighted by molar-refractivity contribution is -0.133. The maximum Gasteiger partial charge on any atom is 0.313 e. The van der Waals surface area contributed by atoms with Gasteiger partial charge in [0.25, 0.3) is 0 Å². The van der Waals surface area contributed by atoms with E-state index in [2.05, 4.69) is 20.8 Å². The van der Waals surface area contributed by atoms with E-state index < -0.39 is 5.97 Å². The zero-order valence-electron chi connectivity index (χ0n) is 26.5. The number of carboxylic acid groups (broad SMARTS) is 1. The normalized spacial score (nSPS) is 11.9. The molecule has 228 valence electrons. The van der Waals surface area contributed by atoms with Gasteiger partial charge in [-0.3, -0.25) is 4.79 Å². The fraction of sp³-hybridized carbons (Fsp3) is 0.971. The summed E-state index contributed by atoms with van der Waals surface area (Å²) in [6, 6.07) is 0. The topological polar surface area (TPSA) is 37.3 Å². The molecule has 38 heavy (non-hydrogen) atoms. The molecule has 0 fully saturated rings. The number of unbranched alkanes of at least 4 members (excludes halogenated alkanes) is 23. The van der Waals surface area contributed by atoms with Crippen molar-refractivity contribution in [3.63, 3.8) is 0 Å². The Balaban J connectivity index is 4.63. The Kier molecular flexibility index (Phi) is 29.7. The first-order chi connectivity index (χ1) is 18.6. The van der Waals surface area contributed by atoms with E-state index in [9.17, 15) is 9.90 Å². The first-order valence-electron chi connectivity index (χ1n) is 17.5. The van der Waals surface area contributed by atoms with Gasteiger partial charge < -0.3 is 5.11 Å². The Labute approximate surface area is 244 Å². The molecule has 0 unspecified atom stereocenters.